The second-order valence-electron chi connectivity index (χ2n) is 5.51. The molecule has 0 aromatic heterocycles. The average Bonchev–Trinajstić information content (AvgIpc) is 2.64. The SMILES string of the molecule is COc1cc(C(N)=NOCC(=O)Nc2ccc(C)c(Cl)c2)ccc1OC(F)F. The molecule has 2 rings (SSSR count). The maximum atomic E-state index is 12.3. The first-order valence-corrected chi connectivity index (χ1v) is 8.32. The van der Waals surface area contributed by atoms with E-state index < -0.39 is 19.1 Å². The van der Waals surface area contributed by atoms with Crippen LogP contribution in [0.25, 0.3) is 0 Å². The van der Waals surface area contributed by atoms with Crippen LogP contribution in [0, 0.1) is 6.92 Å². The van der Waals surface area contributed by atoms with Gasteiger partial charge in [-0.25, -0.2) is 0 Å². The fraction of sp³-hybridized carbons (Fsp3) is 0.222. The van der Waals surface area contributed by atoms with Crippen molar-refractivity contribution in [2.75, 3.05) is 19.0 Å². The first kappa shape index (κ1) is 21.2. The Bertz CT molecular complexity index is 878. The summed E-state index contributed by atoms with van der Waals surface area (Å²) in [6, 6.07) is 9.10. The molecule has 3 N–H and O–H groups in total. The number of hydrogen-bond donors (Lipinski definition) is 2. The Balaban J connectivity index is 1.96. The van der Waals surface area contributed by atoms with Crippen molar-refractivity contribution in [3.63, 3.8) is 0 Å². The number of nitrogens with one attached hydrogen (secondary N) is 1. The number of nitrogens with zero attached hydrogens (tertiary/aromatic N) is 1. The molecule has 0 spiro atoms. The van der Waals surface area contributed by atoms with Gasteiger partial charge in [-0.15, -0.1) is 0 Å². The van der Waals surface area contributed by atoms with Gasteiger partial charge in [0.2, 0.25) is 0 Å². The third-order valence-corrected chi connectivity index (χ3v) is 3.90. The minimum absolute atomic E-state index is 0.0462. The summed E-state index contributed by atoms with van der Waals surface area (Å²) in [7, 11) is 1.29. The van der Waals surface area contributed by atoms with Crippen LogP contribution in [0.1, 0.15) is 11.1 Å². The highest BCUT2D eigenvalue weighted by Crippen LogP contribution is 2.29. The molecule has 0 aliphatic carbocycles. The molecule has 7 nitrogen and oxygen atoms in total. The molecule has 28 heavy (non-hydrogen) atoms. The molecule has 0 aliphatic heterocycles. The van der Waals surface area contributed by atoms with E-state index in [9.17, 15) is 13.6 Å². The van der Waals surface area contributed by atoms with Crippen molar-refractivity contribution in [1.29, 1.82) is 0 Å². The number of amidine groups is 1. The van der Waals surface area contributed by atoms with Gasteiger partial charge < -0.3 is 25.4 Å². The highest BCUT2D eigenvalue weighted by atomic mass is 35.5. The van der Waals surface area contributed by atoms with Gasteiger partial charge in [-0.1, -0.05) is 22.8 Å². The summed E-state index contributed by atoms with van der Waals surface area (Å²) in [6.07, 6.45) is 0. The van der Waals surface area contributed by atoms with Gasteiger partial charge in [0.25, 0.3) is 5.91 Å². The van der Waals surface area contributed by atoms with Crippen LogP contribution in [0.15, 0.2) is 41.6 Å². The number of anilines is 1. The molecule has 1 amide bonds. The molecule has 0 unspecified atom stereocenters. The molecule has 0 saturated carbocycles. The van der Waals surface area contributed by atoms with Crippen molar-refractivity contribution >= 4 is 29.0 Å². The van der Waals surface area contributed by atoms with E-state index in [2.05, 4.69) is 15.2 Å². The van der Waals surface area contributed by atoms with Crippen molar-refractivity contribution in [2.24, 2.45) is 10.9 Å². The maximum Gasteiger partial charge on any atom is 0.387 e. The first-order valence-electron chi connectivity index (χ1n) is 7.94. The number of carbonyl (C=O) groups is 1. The number of nitrogens with two attached hydrogens (primary N) is 1. The van der Waals surface area contributed by atoms with Gasteiger partial charge in [-0.05, 0) is 42.8 Å². The summed E-state index contributed by atoms with van der Waals surface area (Å²) in [6.45, 7) is -1.54. The van der Waals surface area contributed by atoms with Gasteiger partial charge in [0.05, 0.1) is 7.11 Å². The van der Waals surface area contributed by atoms with Gasteiger partial charge in [-0.3, -0.25) is 4.79 Å². The summed E-state index contributed by atoms with van der Waals surface area (Å²) < 4.78 is 34.0. The van der Waals surface area contributed by atoms with Crippen LogP contribution < -0.4 is 20.5 Å². The summed E-state index contributed by atoms with van der Waals surface area (Å²) >= 11 is 5.99. The number of methoxy groups -OCH3 is 1. The zero-order valence-electron chi connectivity index (χ0n) is 15.0. The van der Waals surface area contributed by atoms with Gasteiger partial charge in [-0.2, -0.15) is 8.78 Å². The fourth-order valence-corrected chi connectivity index (χ4v) is 2.28. The number of halogens is 3. The number of alkyl halides is 2. The van der Waals surface area contributed by atoms with Crippen molar-refractivity contribution in [3.05, 3.63) is 52.5 Å². The van der Waals surface area contributed by atoms with Crippen LogP contribution in [-0.4, -0.2) is 32.1 Å². The second kappa shape index (κ2) is 9.75. The Morgan fingerprint density at radius 1 is 1.25 bits per heavy atom. The molecule has 10 heteroatoms. The molecule has 0 bridgehead atoms. The number of rotatable bonds is 8. The van der Waals surface area contributed by atoms with E-state index in [1.165, 1.54) is 25.3 Å². The van der Waals surface area contributed by atoms with E-state index in [0.29, 0.717) is 16.3 Å². The molecular weight excluding hydrogens is 396 g/mol. The van der Waals surface area contributed by atoms with Gasteiger partial charge in [0, 0.05) is 16.3 Å². The van der Waals surface area contributed by atoms with Crippen LogP contribution >= 0.6 is 11.6 Å². The highest BCUT2D eigenvalue weighted by molar-refractivity contribution is 6.31. The standard InChI is InChI=1S/C18H18ClF2N3O4/c1-10-3-5-12(8-13(10)19)23-16(25)9-27-24-17(22)11-4-6-14(28-18(20)21)15(7-11)26-2/h3-8,18H,9H2,1-2H3,(H2,22,24)(H,23,25). The predicted molar refractivity (Wildman–Crippen MR) is 101 cm³/mol. The summed E-state index contributed by atoms with van der Waals surface area (Å²) in [5.74, 6) is -0.640. The summed E-state index contributed by atoms with van der Waals surface area (Å²) in [5.41, 5.74) is 7.51. The lowest BCUT2D eigenvalue weighted by atomic mass is 10.2. The Morgan fingerprint density at radius 3 is 2.64 bits per heavy atom. The number of aryl methyl sites for hydroxylation is 1. The molecule has 150 valence electrons. The van der Waals surface area contributed by atoms with E-state index >= 15 is 0 Å². The van der Waals surface area contributed by atoms with E-state index in [4.69, 9.17) is 26.9 Å². The first-order chi connectivity index (χ1) is 13.3. The Labute approximate surface area is 165 Å². The lowest BCUT2D eigenvalue weighted by Gasteiger charge is -2.11. The minimum atomic E-state index is -2.99. The second-order valence-corrected chi connectivity index (χ2v) is 5.91. The Hall–Kier alpha value is -3.07. The molecule has 0 radical (unpaired) electrons. The molecule has 2 aromatic carbocycles. The van der Waals surface area contributed by atoms with Crippen LogP contribution in [0.3, 0.4) is 0 Å². The predicted octanol–water partition coefficient (Wildman–Crippen LogP) is 3.53. The number of ether oxygens (including phenoxy) is 2. The monoisotopic (exact) mass is 413 g/mol. The van der Waals surface area contributed by atoms with Gasteiger partial charge in [0.15, 0.2) is 23.9 Å². The van der Waals surface area contributed by atoms with Crippen molar-refractivity contribution in [1.82, 2.24) is 0 Å². The maximum absolute atomic E-state index is 12.3. The Kier molecular flexibility index (Phi) is 7.39. The van der Waals surface area contributed by atoms with Gasteiger partial charge >= 0.3 is 6.61 Å². The van der Waals surface area contributed by atoms with Crippen molar-refractivity contribution < 1.29 is 27.9 Å². The summed E-state index contributed by atoms with van der Waals surface area (Å²) in [4.78, 5) is 16.8. The van der Waals surface area contributed by atoms with E-state index in [0.717, 1.165) is 5.56 Å². The number of benzene rings is 2. The smallest absolute Gasteiger partial charge is 0.387 e. The number of hydrogen-bond acceptors (Lipinski definition) is 5. The van der Waals surface area contributed by atoms with Crippen molar-refractivity contribution in [2.45, 2.75) is 13.5 Å². The molecule has 0 saturated heterocycles. The molecule has 0 heterocycles. The largest absolute Gasteiger partial charge is 0.493 e. The number of oxime groups is 1. The van der Waals surface area contributed by atoms with E-state index in [1.807, 2.05) is 6.92 Å². The topological polar surface area (TPSA) is 95.2 Å². The molecule has 2 aromatic rings. The number of carbonyl (C=O) groups excluding carboxylic acids is 1. The number of amides is 1. The van der Waals surface area contributed by atoms with Gasteiger partial charge in [0.1, 0.15) is 0 Å². The lowest BCUT2D eigenvalue weighted by Crippen LogP contribution is -2.19. The van der Waals surface area contributed by atoms with Crippen LogP contribution in [-0.2, 0) is 9.63 Å². The molecular formula is C18H18ClF2N3O4. The van der Waals surface area contributed by atoms with Crippen LogP contribution in [0.5, 0.6) is 11.5 Å². The normalized spacial score (nSPS) is 11.3. The zero-order chi connectivity index (χ0) is 20.7. The third kappa shape index (κ3) is 5.98. The van der Waals surface area contributed by atoms with Crippen LogP contribution in [0.4, 0.5) is 14.5 Å². The average molecular weight is 414 g/mol. The molecule has 0 atom stereocenters. The molecule has 0 aliphatic rings. The fourth-order valence-electron chi connectivity index (χ4n) is 2.10. The highest BCUT2D eigenvalue weighted by Gasteiger charge is 2.13. The van der Waals surface area contributed by atoms with Crippen LogP contribution in [0.2, 0.25) is 5.02 Å². The van der Waals surface area contributed by atoms with E-state index in [1.54, 1.807) is 18.2 Å². The van der Waals surface area contributed by atoms with Crippen molar-refractivity contribution in [3.8, 4) is 11.5 Å². The third-order valence-electron chi connectivity index (χ3n) is 3.49. The summed E-state index contributed by atoms with van der Waals surface area (Å²) in [5, 5.41) is 6.76. The lowest BCUT2D eigenvalue weighted by molar-refractivity contribution is -0.120. The molecule has 0 fully saturated rings. The Morgan fingerprint density at radius 2 is 2.00 bits per heavy atom. The zero-order valence-corrected chi connectivity index (χ0v) is 15.8. The van der Waals surface area contributed by atoms with E-state index in [-0.39, 0.29) is 17.3 Å². The minimum Gasteiger partial charge on any atom is -0.493 e. The quantitative estimate of drug-likeness (QED) is 0.392.